The van der Waals surface area contributed by atoms with Crippen LogP contribution in [0.25, 0.3) is 0 Å². The van der Waals surface area contributed by atoms with Crippen molar-refractivity contribution in [3.05, 3.63) is 65.2 Å². The number of hydrogen-bond acceptors (Lipinski definition) is 3. The van der Waals surface area contributed by atoms with E-state index in [2.05, 4.69) is 15.9 Å². The summed E-state index contributed by atoms with van der Waals surface area (Å²) < 4.78 is 5.05. The van der Waals surface area contributed by atoms with Gasteiger partial charge in [0.15, 0.2) is 11.6 Å². The highest BCUT2D eigenvalue weighted by Gasteiger charge is 2.25. The van der Waals surface area contributed by atoms with Gasteiger partial charge in [-0.2, -0.15) is 0 Å². The largest absolute Gasteiger partial charge is 0.497 e. The molecule has 2 rings (SSSR count). The van der Waals surface area contributed by atoms with Crippen molar-refractivity contribution in [3.63, 3.8) is 0 Å². The van der Waals surface area contributed by atoms with Gasteiger partial charge in [0.05, 0.1) is 7.11 Å². The molecule has 0 radical (unpaired) electrons. The van der Waals surface area contributed by atoms with E-state index in [9.17, 15) is 9.59 Å². The Morgan fingerprint density at radius 3 is 1.76 bits per heavy atom. The van der Waals surface area contributed by atoms with E-state index in [-0.39, 0.29) is 11.6 Å². The molecule has 3 nitrogen and oxygen atoms in total. The summed E-state index contributed by atoms with van der Waals surface area (Å²) in [5.41, 5.74) is 2.06. The first kappa shape index (κ1) is 15.4. The molecule has 0 aliphatic rings. The molecule has 0 saturated heterocycles. The van der Waals surface area contributed by atoms with Gasteiger partial charge in [-0.1, -0.05) is 45.8 Å². The van der Waals surface area contributed by atoms with Crippen LogP contribution in [0.5, 0.6) is 5.75 Å². The minimum absolute atomic E-state index is 0.240. The molecule has 0 saturated carbocycles. The van der Waals surface area contributed by atoms with Crippen LogP contribution in [-0.4, -0.2) is 23.5 Å². The highest BCUT2D eigenvalue weighted by atomic mass is 79.9. The van der Waals surface area contributed by atoms with E-state index < -0.39 is 4.83 Å². The van der Waals surface area contributed by atoms with E-state index in [1.807, 2.05) is 19.1 Å². The van der Waals surface area contributed by atoms with Crippen LogP contribution in [0.1, 0.15) is 26.3 Å². The van der Waals surface area contributed by atoms with Crippen molar-refractivity contribution in [2.75, 3.05) is 7.11 Å². The van der Waals surface area contributed by atoms with Crippen molar-refractivity contribution in [2.45, 2.75) is 11.8 Å². The second kappa shape index (κ2) is 6.68. The zero-order valence-corrected chi connectivity index (χ0v) is 13.4. The van der Waals surface area contributed by atoms with Crippen LogP contribution in [0.3, 0.4) is 0 Å². The van der Waals surface area contributed by atoms with Gasteiger partial charge >= 0.3 is 0 Å². The molecule has 0 fully saturated rings. The lowest BCUT2D eigenvalue weighted by Gasteiger charge is -2.09. The number of carbonyl (C=O) groups is 2. The summed E-state index contributed by atoms with van der Waals surface area (Å²) in [5.74, 6) is 0.168. The number of methoxy groups -OCH3 is 1. The summed E-state index contributed by atoms with van der Waals surface area (Å²) in [4.78, 5) is 23.7. The first-order valence-electron chi connectivity index (χ1n) is 6.46. The molecule has 0 amide bonds. The predicted molar refractivity (Wildman–Crippen MR) is 85.5 cm³/mol. The Morgan fingerprint density at radius 2 is 1.33 bits per heavy atom. The highest BCUT2D eigenvalue weighted by molar-refractivity contribution is 9.10. The van der Waals surface area contributed by atoms with E-state index in [0.717, 1.165) is 5.56 Å². The number of ketones is 2. The Kier molecular flexibility index (Phi) is 4.91. The van der Waals surface area contributed by atoms with E-state index in [1.165, 1.54) is 0 Å². The monoisotopic (exact) mass is 346 g/mol. The number of aryl methyl sites for hydroxylation is 1. The number of halogens is 1. The van der Waals surface area contributed by atoms with Crippen LogP contribution in [-0.2, 0) is 0 Å². The minimum Gasteiger partial charge on any atom is -0.497 e. The van der Waals surface area contributed by atoms with Crippen LogP contribution in [0.2, 0.25) is 0 Å². The van der Waals surface area contributed by atoms with Crippen LogP contribution in [0, 0.1) is 6.92 Å². The normalized spacial score (nSPS) is 11.8. The molecule has 2 aromatic rings. The number of benzene rings is 2. The predicted octanol–water partition coefficient (Wildman–Crippen LogP) is 3.83. The minimum atomic E-state index is -0.881. The summed E-state index contributed by atoms with van der Waals surface area (Å²) in [7, 11) is 1.56. The summed E-state index contributed by atoms with van der Waals surface area (Å²) in [6.45, 7) is 1.95. The fourth-order valence-corrected chi connectivity index (χ4v) is 2.41. The molecule has 0 N–H and O–H groups in total. The summed E-state index contributed by atoms with van der Waals surface area (Å²) in [6.07, 6.45) is 0. The van der Waals surface area contributed by atoms with Crippen LogP contribution in [0.4, 0.5) is 0 Å². The molecule has 0 spiro atoms. The molecule has 0 bridgehead atoms. The maximum absolute atomic E-state index is 12.3. The van der Waals surface area contributed by atoms with Crippen molar-refractivity contribution in [1.82, 2.24) is 0 Å². The molecule has 4 heteroatoms. The lowest BCUT2D eigenvalue weighted by atomic mass is 10.0. The van der Waals surface area contributed by atoms with Crippen molar-refractivity contribution < 1.29 is 14.3 Å². The molecule has 0 aliphatic heterocycles. The Labute approximate surface area is 132 Å². The standard InChI is InChI=1S/C17H15BrO3/c1-11-3-5-12(6-4-11)16(19)15(18)17(20)13-7-9-14(21-2)10-8-13/h3-10,15H,1-2H3. The zero-order valence-electron chi connectivity index (χ0n) is 11.8. The first-order chi connectivity index (χ1) is 10.0. The first-order valence-corrected chi connectivity index (χ1v) is 7.37. The van der Waals surface area contributed by atoms with Gasteiger partial charge in [-0.3, -0.25) is 9.59 Å². The summed E-state index contributed by atoms with van der Waals surface area (Å²) in [5, 5.41) is 0. The average Bonchev–Trinajstić information content (AvgIpc) is 2.53. The maximum Gasteiger partial charge on any atom is 0.184 e. The second-order valence-corrected chi connectivity index (χ2v) is 5.60. The Hall–Kier alpha value is -1.94. The van der Waals surface area contributed by atoms with Gasteiger partial charge in [0.2, 0.25) is 0 Å². The lowest BCUT2D eigenvalue weighted by Crippen LogP contribution is -2.24. The molecule has 108 valence electrons. The smallest absolute Gasteiger partial charge is 0.184 e. The average molecular weight is 347 g/mol. The summed E-state index contributed by atoms with van der Waals surface area (Å²) >= 11 is 3.21. The van der Waals surface area contributed by atoms with Gasteiger partial charge in [-0.05, 0) is 31.2 Å². The number of alkyl halides is 1. The third-order valence-corrected chi connectivity index (χ3v) is 4.00. The number of rotatable bonds is 5. The SMILES string of the molecule is COc1ccc(C(=O)C(Br)C(=O)c2ccc(C)cc2)cc1. The molecule has 0 heterocycles. The third kappa shape index (κ3) is 3.58. The molecular formula is C17H15BrO3. The van der Waals surface area contributed by atoms with Crippen LogP contribution >= 0.6 is 15.9 Å². The Morgan fingerprint density at radius 1 is 0.905 bits per heavy atom. The number of carbonyl (C=O) groups excluding carboxylic acids is 2. The molecule has 0 aliphatic carbocycles. The summed E-state index contributed by atoms with van der Waals surface area (Å²) in [6, 6.07) is 13.9. The van der Waals surface area contributed by atoms with E-state index in [0.29, 0.717) is 16.9 Å². The molecule has 2 aromatic carbocycles. The van der Waals surface area contributed by atoms with Crippen molar-refractivity contribution in [2.24, 2.45) is 0 Å². The quantitative estimate of drug-likeness (QED) is 0.469. The molecule has 21 heavy (non-hydrogen) atoms. The maximum atomic E-state index is 12.3. The van der Waals surface area contributed by atoms with Crippen molar-refractivity contribution in [1.29, 1.82) is 0 Å². The van der Waals surface area contributed by atoms with Gasteiger partial charge in [-0.15, -0.1) is 0 Å². The molecular weight excluding hydrogens is 332 g/mol. The van der Waals surface area contributed by atoms with E-state index in [4.69, 9.17) is 4.74 Å². The number of Topliss-reactive ketones (excluding diaryl/α,β-unsaturated/α-hetero) is 2. The van der Waals surface area contributed by atoms with Crippen LogP contribution in [0.15, 0.2) is 48.5 Å². The van der Waals surface area contributed by atoms with Gasteiger partial charge in [0.25, 0.3) is 0 Å². The fourth-order valence-electron chi connectivity index (χ4n) is 1.88. The van der Waals surface area contributed by atoms with E-state index in [1.54, 1.807) is 43.5 Å². The zero-order chi connectivity index (χ0) is 15.4. The van der Waals surface area contributed by atoms with Crippen molar-refractivity contribution in [3.8, 4) is 5.75 Å². The second-order valence-electron chi connectivity index (χ2n) is 4.69. The van der Waals surface area contributed by atoms with Crippen molar-refractivity contribution >= 4 is 27.5 Å². The van der Waals surface area contributed by atoms with Gasteiger partial charge in [-0.25, -0.2) is 0 Å². The lowest BCUT2D eigenvalue weighted by molar-refractivity contribution is 0.0906. The van der Waals surface area contributed by atoms with E-state index >= 15 is 0 Å². The fraction of sp³-hybridized carbons (Fsp3) is 0.176. The third-order valence-electron chi connectivity index (χ3n) is 3.17. The molecule has 1 unspecified atom stereocenters. The van der Waals surface area contributed by atoms with Gasteiger partial charge < -0.3 is 4.74 Å². The topological polar surface area (TPSA) is 43.4 Å². The Bertz CT molecular complexity index is 645. The van der Waals surface area contributed by atoms with Gasteiger partial charge in [0, 0.05) is 11.1 Å². The highest BCUT2D eigenvalue weighted by Crippen LogP contribution is 2.18. The molecule has 0 aromatic heterocycles. The molecule has 1 atom stereocenters. The van der Waals surface area contributed by atoms with Gasteiger partial charge in [0.1, 0.15) is 10.6 Å². The Balaban J connectivity index is 2.17. The number of ether oxygens (including phenoxy) is 1. The number of hydrogen-bond donors (Lipinski definition) is 0. The van der Waals surface area contributed by atoms with Crippen LogP contribution < -0.4 is 4.74 Å².